The van der Waals surface area contributed by atoms with Crippen molar-refractivity contribution in [3.63, 3.8) is 0 Å². The lowest BCUT2D eigenvalue weighted by atomic mass is 9.67. The molecule has 2 aromatic carbocycles. The van der Waals surface area contributed by atoms with Crippen LogP contribution in [-0.4, -0.2) is 42.2 Å². The summed E-state index contributed by atoms with van der Waals surface area (Å²) in [6, 6.07) is 17.2. The zero-order valence-electron chi connectivity index (χ0n) is 16.7. The molecule has 2 aromatic rings. The summed E-state index contributed by atoms with van der Waals surface area (Å²) in [4.78, 5) is 7.71. The van der Waals surface area contributed by atoms with Crippen LogP contribution in [-0.2, 0) is 4.74 Å². The number of benzene rings is 2. The Morgan fingerprint density at radius 2 is 1.97 bits per heavy atom. The van der Waals surface area contributed by atoms with Crippen molar-refractivity contribution in [1.82, 2.24) is 4.90 Å². The number of aliphatic imine (C=N–C) groups is 1. The van der Waals surface area contributed by atoms with E-state index < -0.39 is 0 Å². The molecule has 1 aliphatic heterocycles. The van der Waals surface area contributed by atoms with Gasteiger partial charge in [-0.3, -0.25) is 0 Å². The Hall–Kier alpha value is -1.69. The Bertz CT molecular complexity index is 924. The van der Waals surface area contributed by atoms with Gasteiger partial charge in [-0.05, 0) is 55.4 Å². The normalized spacial score (nSPS) is 30.0. The summed E-state index contributed by atoms with van der Waals surface area (Å²) in [7, 11) is 1.84. The van der Waals surface area contributed by atoms with Crippen molar-refractivity contribution in [3.8, 4) is 0 Å². The first-order valence-corrected chi connectivity index (χ1v) is 11.3. The Kier molecular flexibility index (Phi) is 5.01. The zero-order valence-corrected chi connectivity index (χ0v) is 18.3. The van der Waals surface area contributed by atoms with E-state index in [-0.39, 0.29) is 18.1 Å². The van der Waals surface area contributed by atoms with Crippen molar-refractivity contribution in [1.29, 1.82) is 0 Å². The minimum absolute atomic E-state index is 0.109. The molecule has 5 heteroatoms. The molecule has 3 saturated carbocycles. The number of aliphatic hydroxyl groups is 1. The van der Waals surface area contributed by atoms with Gasteiger partial charge in [-0.2, -0.15) is 0 Å². The van der Waals surface area contributed by atoms with E-state index in [9.17, 15) is 5.11 Å². The first-order valence-electron chi connectivity index (χ1n) is 10.5. The van der Waals surface area contributed by atoms with Gasteiger partial charge in [0.05, 0.1) is 17.8 Å². The summed E-state index contributed by atoms with van der Waals surface area (Å²) in [5.41, 5.74) is 3.67. The van der Waals surface area contributed by atoms with Gasteiger partial charge in [0.25, 0.3) is 0 Å². The van der Waals surface area contributed by atoms with Gasteiger partial charge in [-0.25, -0.2) is 4.99 Å². The van der Waals surface area contributed by atoms with Crippen molar-refractivity contribution >= 4 is 27.5 Å². The van der Waals surface area contributed by atoms with Crippen LogP contribution in [0.25, 0.3) is 0 Å². The van der Waals surface area contributed by atoms with Gasteiger partial charge in [0.15, 0.2) is 0 Å². The fourth-order valence-corrected chi connectivity index (χ4v) is 6.06. The van der Waals surface area contributed by atoms with Crippen molar-refractivity contribution in [2.75, 3.05) is 20.3 Å². The molecule has 0 saturated heterocycles. The highest BCUT2D eigenvalue weighted by Gasteiger charge is 2.61. The smallest absolute Gasteiger partial charge is 0.112 e. The molecule has 4 nitrogen and oxygen atoms in total. The molecule has 6 rings (SSSR count). The number of hydrogen-bond acceptors (Lipinski definition) is 4. The molecule has 0 aromatic heterocycles. The third kappa shape index (κ3) is 3.15. The second-order valence-electron chi connectivity index (χ2n) is 8.65. The second-order valence-corrected chi connectivity index (χ2v) is 9.56. The quantitative estimate of drug-likeness (QED) is 0.661. The van der Waals surface area contributed by atoms with E-state index in [1.165, 1.54) is 17.0 Å². The lowest BCUT2D eigenvalue weighted by Crippen LogP contribution is -2.50. The predicted molar refractivity (Wildman–Crippen MR) is 119 cm³/mol. The third-order valence-electron chi connectivity index (χ3n) is 6.97. The summed E-state index contributed by atoms with van der Waals surface area (Å²) in [5, 5.41) is 9.60. The lowest BCUT2D eigenvalue weighted by molar-refractivity contribution is 0.0720. The molecule has 2 bridgehead atoms. The third-order valence-corrected chi connectivity index (χ3v) is 7.46. The molecular formula is C24H27BrN2O2. The van der Waals surface area contributed by atoms with Crippen LogP contribution in [0, 0.1) is 11.3 Å². The topological polar surface area (TPSA) is 45.1 Å². The average Bonchev–Trinajstić information content (AvgIpc) is 3.28. The molecule has 1 N–H and O–H groups in total. The van der Waals surface area contributed by atoms with Crippen molar-refractivity contribution < 1.29 is 9.84 Å². The molecule has 152 valence electrons. The van der Waals surface area contributed by atoms with Crippen LogP contribution in [0.4, 0.5) is 5.69 Å². The molecule has 3 aliphatic carbocycles. The van der Waals surface area contributed by atoms with Crippen LogP contribution in [0.2, 0.25) is 0 Å². The zero-order chi connectivity index (χ0) is 20.0. The van der Waals surface area contributed by atoms with Gasteiger partial charge < -0.3 is 14.7 Å². The van der Waals surface area contributed by atoms with Gasteiger partial charge in [0, 0.05) is 35.7 Å². The number of fused-ring (bicyclic) bond motifs is 2. The van der Waals surface area contributed by atoms with Crippen molar-refractivity contribution in [2.45, 2.75) is 37.8 Å². The van der Waals surface area contributed by atoms with E-state index >= 15 is 0 Å². The van der Waals surface area contributed by atoms with Crippen molar-refractivity contribution in [3.05, 3.63) is 64.1 Å². The Balaban J connectivity index is 1.64. The van der Waals surface area contributed by atoms with Crippen LogP contribution in [0.15, 0.2) is 58.0 Å². The molecule has 0 amide bonds. The molecule has 0 radical (unpaired) electrons. The summed E-state index contributed by atoms with van der Waals surface area (Å²) in [6.07, 6.45) is 4.45. The first kappa shape index (κ1) is 19.3. The highest BCUT2D eigenvalue weighted by Crippen LogP contribution is 2.62. The maximum atomic E-state index is 9.60. The number of hydrogen-bond donors (Lipinski definition) is 1. The standard InChI is InChI=1S/C24H27BrN2O2/c1-29-21-15-24(13-17(21)14-24)23-26-20-9-8-18(25)12-19(20)22(27(23)10-5-11-28)16-6-3-2-4-7-16/h2-4,6-9,12,17,21-22,28H,5,10-11,13-15H2,1H3. The van der Waals surface area contributed by atoms with E-state index in [2.05, 4.69) is 69.4 Å². The maximum Gasteiger partial charge on any atom is 0.112 e. The fraction of sp³-hybridized carbons (Fsp3) is 0.458. The van der Waals surface area contributed by atoms with Crippen LogP contribution < -0.4 is 0 Å². The van der Waals surface area contributed by atoms with Crippen LogP contribution in [0.1, 0.15) is 42.9 Å². The number of aliphatic hydroxyl groups excluding tert-OH is 1. The first-order chi connectivity index (χ1) is 14.1. The fourth-order valence-electron chi connectivity index (χ4n) is 5.68. The van der Waals surface area contributed by atoms with Crippen molar-refractivity contribution in [2.24, 2.45) is 16.3 Å². The van der Waals surface area contributed by atoms with Gasteiger partial charge >= 0.3 is 0 Å². The number of methoxy groups -OCH3 is 1. The van der Waals surface area contributed by atoms with Crippen LogP contribution in [0.5, 0.6) is 0 Å². The Labute approximate surface area is 180 Å². The van der Waals surface area contributed by atoms with Crippen LogP contribution in [0.3, 0.4) is 0 Å². The number of halogens is 1. The molecule has 0 spiro atoms. The minimum atomic E-state index is 0.109. The highest BCUT2D eigenvalue weighted by atomic mass is 79.9. The summed E-state index contributed by atoms with van der Waals surface area (Å²) in [6.45, 7) is 0.984. The van der Waals surface area contributed by atoms with Gasteiger partial charge in [-0.15, -0.1) is 0 Å². The molecular weight excluding hydrogens is 428 g/mol. The van der Waals surface area contributed by atoms with Crippen LogP contribution >= 0.6 is 15.9 Å². The summed E-state index contributed by atoms with van der Waals surface area (Å²) >= 11 is 3.66. The molecule has 2 unspecified atom stereocenters. The summed E-state index contributed by atoms with van der Waals surface area (Å²) < 4.78 is 6.84. The number of amidine groups is 1. The van der Waals surface area contributed by atoms with Gasteiger partial charge in [0.1, 0.15) is 5.84 Å². The Morgan fingerprint density at radius 3 is 2.66 bits per heavy atom. The van der Waals surface area contributed by atoms with Gasteiger partial charge in [0.2, 0.25) is 0 Å². The SMILES string of the molecule is COC1CC2(C3=Nc4ccc(Br)cc4C(c4ccccc4)N3CCCO)CC1C2. The lowest BCUT2D eigenvalue weighted by Gasteiger charge is -2.48. The Morgan fingerprint density at radius 1 is 1.17 bits per heavy atom. The van der Waals surface area contributed by atoms with E-state index in [0.29, 0.717) is 12.0 Å². The summed E-state index contributed by atoms with van der Waals surface area (Å²) in [5.74, 6) is 1.86. The second kappa shape index (κ2) is 7.53. The molecule has 3 fully saturated rings. The number of rotatable bonds is 6. The monoisotopic (exact) mass is 454 g/mol. The number of ether oxygens (including phenoxy) is 1. The van der Waals surface area contributed by atoms with E-state index in [1.54, 1.807) is 0 Å². The molecule has 4 aliphatic rings. The largest absolute Gasteiger partial charge is 0.396 e. The molecule has 2 atom stereocenters. The maximum absolute atomic E-state index is 9.60. The predicted octanol–water partition coefficient (Wildman–Crippen LogP) is 5.08. The number of nitrogens with zero attached hydrogens (tertiary/aromatic N) is 2. The average molecular weight is 455 g/mol. The minimum Gasteiger partial charge on any atom is -0.396 e. The molecule has 29 heavy (non-hydrogen) atoms. The van der Waals surface area contributed by atoms with E-state index in [4.69, 9.17) is 9.73 Å². The van der Waals surface area contributed by atoms with E-state index in [1.807, 2.05) is 7.11 Å². The molecule has 1 heterocycles. The van der Waals surface area contributed by atoms with Gasteiger partial charge in [-0.1, -0.05) is 46.3 Å². The van der Waals surface area contributed by atoms with E-state index in [0.717, 1.165) is 42.4 Å². The highest BCUT2D eigenvalue weighted by molar-refractivity contribution is 9.10.